The summed E-state index contributed by atoms with van der Waals surface area (Å²) >= 11 is 0. The predicted molar refractivity (Wildman–Crippen MR) is 107 cm³/mol. The Morgan fingerprint density at radius 3 is 2.85 bits per heavy atom. The van der Waals surface area contributed by atoms with Gasteiger partial charge in [0.25, 0.3) is 5.91 Å². The van der Waals surface area contributed by atoms with Crippen molar-refractivity contribution in [1.82, 2.24) is 0 Å². The highest BCUT2D eigenvalue weighted by Crippen LogP contribution is 2.40. The van der Waals surface area contributed by atoms with Gasteiger partial charge in [0.15, 0.2) is 11.5 Å². The fraction of sp³-hybridized carbons (Fsp3) is 0.364. The van der Waals surface area contributed by atoms with E-state index in [0.29, 0.717) is 29.4 Å². The summed E-state index contributed by atoms with van der Waals surface area (Å²) in [6.07, 6.45) is 5.92. The fourth-order valence-electron chi connectivity index (χ4n) is 3.72. The Bertz CT molecular complexity index is 891. The molecule has 2 aliphatic rings. The van der Waals surface area contributed by atoms with Crippen LogP contribution in [0, 0.1) is 0 Å². The van der Waals surface area contributed by atoms with E-state index in [1.165, 1.54) is 5.56 Å². The molecule has 140 valence electrons. The number of fused-ring (bicyclic) bond motifs is 4. The number of carbonyl (C=O) groups excluding carboxylic acids is 1. The number of hydrogen-bond acceptors (Lipinski definition) is 4. The van der Waals surface area contributed by atoms with Gasteiger partial charge in [-0.1, -0.05) is 38.0 Å². The molecule has 27 heavy (non-hydrogen) atoms. The zero-order chi connectivity index (χ0) is 18.8. The molecule has 0 bridgehead atoms. The number of amides is 1. The fourth-order valence-corrected chi connectivity index (χ4v) is 3.72. The maximum Gasteiger partial charge on any atom is 0.261 e. The van der Waals surface area contributed by atoms with E-state index < -0.39 is 0 Å². The Morgan fingerprint density at radius 1 is 1.19 bits per heavy atom. The van der Waals surface area contributed by atoms with Crippen molar-refractivity contribution in [3.63, 3.8) is 0 Å². The summed E-state index contributed by atoms with van der Waals surface area (Å²) in [5.74, 6) is 1.16. The Morgan fingerprint density at radius 2 is 2.04 bits per heavy atom. The number of aliphatic imine (C=N–C) groups is 1. The van der Waals surface area contributed by atoms with Crippen LogP contribution < -0.4 is 14.4 Å². The quantitative estimate of drug-likeness (QED) is 0.707. The van der Waals surface area contributed by atoms with Crippen molar-refractivity contribution in [1.29, 1.82) is 0 Å². The molecule has 0 fully saturated rings. The minimum absolute atomic E-state index is 0.0479. The average Bonchev–Trinajstić information content (AvgIpc) is 3.01. The molecule has 2 aromatic carbocycles. The van der Waals surface area contributed by atoms with E-state index >= 15 is 0 Å². The second-order valence-electron chi connectivity index (χ2n) is 6.93. The summed E-state index contributed by atoms with van der Waals surface area (Å²) < 4.78 is 11.4. The average molecular weight is 364 g/mol. The molecule has 0 spiro atoms. The lowest BCUT2D eigenvalue weighted by atomic mass is 10.1. The van der Waals surface area contributed by atoms with Crippen LogP contribution in [-0.4, -0.2) is 31.9 Å². The molecule has 0 saturated heterocycles. The predicted octanol–water partition coefficient (Wildman–Crippen LogP) is 4.55. The maximum atomic E-state index is 13.3. The zero-order valence-corrected chi connectivity index (χ0v) is 15.8. The Kier molecular flexibility index (Phi) is 4.84. The van der Waals surface area contributed by atoms with Crippen molar-refractivity contribution in [3.8, 4) is 11.5 Å². The Balaban J connectivity index is 1.68. The minimum Gasteiger partial charge on any atom is -0.493 e. The van der Waals surface area contributed by atoms with Gasteiger partial charge in [-0.3, -0.25) is 14.7 Å². The third kappa shape index (κ3) is 3.18. The van der Waals surface area contributed by atoms with Crippen LogP contribution in [0.15, 0.2) is 41.4 Å². The lowest BCUT2D eigenvalue weighted by Crippen LogP contribution is -2.37. The highest BCUT2D eigenvalue weighted by Gasteiger charge is 2.36. The smallest absolute Gasteiger partial charge is 0.261 e. The number of para-hydroxylation sites is 1. The van der Waals surface area contributed by atoms with Crippen molar-refractivity contribution in [2.45, 2.75) is 38.6 Å². The number of rotatable bonds is 6. The van der Waals surface area contributed by atoms with Crippen molar-refractivity contribution >= 4 is 23.5 Å². The summed E-state index contributed by atoms with van der Waals surface area (Å²) in [7, 11) is 1.60. The van der Waals surface area contributed by atoms with Crippen LogP contribution in [0.4, 0.5) is 11.4 Å². The number of benzene rings is 2. The van der Waals surface area contributed by atoms with Crippen molar-refractivity contribution in [2.75, 3.05) is 18.6 Å². The largest absolute Gasteiger partial charge is 0.493 e. The molecule has 1 atom stereocenters. The monoisotopic (exact) mass is 364 g/mol. The van der Waals surface area contributed by atoms with Crippen LogP contribution in [0.5, 0.6) is 11.5 Å². The summed E-state index contributed by atoms with van der Waals surface area (Å²) in [6.45, 7) is 2.79. The second-order valence-corrected chi connectivity index (χ2v) is 6.93. The van der Waals surface area contributed by atoms with Crippen molar-refractivity contribution < 1.29 is 14.3 Å². The molecule has 5 nitrogen and oxygen atoms in total. The number of nitrogens with zero attached hydrogens (tertiary/aromatic N) is 2. The first-order valence-electron chi connectivity index (χ1n) is 9.53. The lowest BCUT2D eigenvalue weighted by Gasteiger charge is -2.22. The maximum absolute atomic E-state index is 13.3. The standard InChI is InChI=1S/C22H24N2O3/c1-3-4-7-10-27-21-13-18-17(12-20(21)26-2)22(25)24-16(14-23-18)11-15-8-5-6-9-19(15)24/h5-6,8-9,12-14,16H,3-4,7,10-11H2,1-2H3/t16-/m0/s1. The van der Waals surface area contributed by atoms with Gasteiger partial charge in [0.2, 0.25) is 0 Å². The molecule has 2 aromatic rings. The lowest BCUT2D eigenvalue weighted by molar-refractivity contribution is 0.0986. The van der Waals surface area contributed by atoms with Crippen LogP contribution >= 0.6 is 0 Å². The van der Waals surface area contributed by atoms with E-state index in [-0.39, 0.29) is 11.9 Å². The molecule has 0 unspecified atom stereocenters. The number of methoxy groups -OCH3 is 1. The normalized spacial score (nSPS) is 17.2. The number of carbonyl (C=O) groups is 1. The minimum atomic E-state index is -0.0535. The third-order valence-corrected chi connectivity index (χ3v) is 5.13. The summed E-state index contributed by atoms with van der Waals surface area (Å²) in [5, 5.41) is 0. The van der Waals surface area contributed by atoms with Crippen molar-refractivity contribution in [2.24, 2.45) is 4.99 Å². The van der Waals surface area contributed by atoms with Gasteiger partial charge in [-0.15, -0.1) is 0 Å². The van der Waals surface area contributed by atoms with E-state index in [0.717, 1.165) is 31.4 Å². The molecule has 2 aliphatic heterocycles. The first kappa shape index (κ1) is 17.6. The van der Waals surface area contributed by atoms with Crippen LogP contribution in [-0.2, 0) is 6.42 Å². The van der Waals surface area contributed by atoms with Gasteiger partial charge in [0, 0.05) is 24.4 Å². The van der Waals surface area contributed by atoms with Gasteiger partial charge in [-0.05, 0) is 24.1 Å². The van der Waals surface area contributed by atoms with Crippen LogP contribution in [0.1, 0.15) is 42.1 Å². The van der Waals surface area contributed by atoms with Gasteiger partial charge >= 0.3 is 0 Å². The van der Waals surface area contributed by atoms with Gasteiger partial charge in [0.05, 0.1) is 31.0 Å². The summed E-state index contributed by atoms with van der Waals surface area (Å²) in [4.78, 5) is 19.8. The van der Waals surface area contributed by atoms with Gasteiger partial charge in [-0.2, -0.15) is 0 Å². The van der Waals surface area contributed by atoms with Crippen molar-refractivity contribution in [3.05, 3.63) is 47.5 Å². The molecular formula is C22H24N2O3. The Hall–Kier alpha value is -2.82. The van der Waals surface area contributed by atoms with Crippen LogP contribution in [0.25, 0.3) is 0 Å². The second kappa shape index (κ2) is 7.43. The number of hydrogen-bond donors (Lipinski definition) is 0. The highest BCUT2D eigenvalue weighted by molar-refractivity contribution is 6.14. The first-order valence-corrected chi connectivity index (χ1v) is 9.53. The van der Waals surface area contributed by atoms with E-state index in [1.54, 1.807) is 13.2 Å². The molecule has 5 heteroatoms. The summed E-state index contributed by atoms with van der Waals surface area (Å²) in [5.41, 5.74) is 3.32. The topological polar surface area (TPSA) is 51.1 Å². The summed E-state index contributed by atoms with van der Waals surface area (Å²) in [6, 6.07) is 11.6. The molecule has 0 N–H and O–H groups in total. The zero-order valence-electron chi connectivity index (χ0n) is 15.8. The van der Waals surface area contributed by atoms with E-state index in [2.05, 4.69) is 18.0 Å². The van der Waals surface area contributed by atoms with Gasteiger partial charge in [0.1, 0.15) is 0 Å². The van der Waals surface area contributed by atoms with Crippen LogP contribution in [0.3, 0.4) is 0 Å². The highest BCUT2D eigenvalue weighted by atomic mass is 16.5. The molecular weight excluding hydrogens is 340 g/mol. The molecule has 0 aliphatic carbocycles. The number of ether oxygens (including phenoxy) is 2. The van der Waals surface area contributed by atoms with Crippen LogP contribution in [0.2, 0.25) is 0 Å². The molecule has 4 rings (SSSR count). The first-order chi connectivity index (χ1) is 13.2. The molecule has 1 amide bonds. The molecule has 0 saturated carbocycles. The van der Waals surface area contributed by atoms with E-state index in [9.17, 15) is 4.79 Å². The van der Waals surface area contributed by atoms with E-state index in [1.807, 2.05) is 35.4 Å². The number of anilines is 1. The Labute approximate surface area is 159 Å². The number of unbranched alkanes of at least 4 members (excludes halogenated alkanes) is 2. The van der Waals surface area contributed by atoms with Gasteiger partial charge in [-0.25, -0.2) is 0 Å². The third-order valence-electron chi connectivity index (χ3n) is 5.13. The van der Waals surface area contributed by atoms with Gasteiger partial charge < -0.3 is 9.47 Å². The van der Waals surface area contributed by atoms with E-state index in [4.69, 9.17) is 9.47 Å². The molecule has 0 radical (unpaired) electrons. The SMILES string of the molecule is CCCCCOc1cc2c(cc1OC)C(=O)N1c3ccccc3C[C@H]1C=N2. The molecule has 0 aromatic heterocycles. The molecule has 2 heterocycles.